The second kappa shape index (κ2) is 10.8. The Morgan fingerprint density at radius 3 is 2.48 bits per heavy atom. The van der Waals surface area contributed by atoms with Gasteiger partial charge in [-0.2, -0.15) is 0 Å². The third-order valence-electron chi connectivity index (χ3n) is 3.57. The molecule has 6 nitrogen and oxygen atoms in total. The number of amides is 2. The van der Waals surface area contributed by atoms with Gasteiger partial charge < -0.3 is 15.7 Å². The summed E-state index contributed by atoms with van der Waals surface area (Å²) in [6, 6.07) is 7.52. The van der Waals surface area contributed by atoms with Crippen molar-refractivity contribution in [2.75, 3.05) is 6.54 Å². The van der Waals surface area contributed by atoms with Crippen molar-refractivity contribution in [3.05, 3.63) is 60.2 Å². The fraction of sp³-hybridized carbons (Fsp3) is 0.316. The molecule has 0 aliphatic rings. The van der Waals surface area contributed by atoms with Gasteiger partial charge in [0.2, 0.25) is 5.91 Å². The van der Waals surface area contributed by atoms with Gasteiger partial charge in [0, 0.05) is 17.7 Å². The van der Waals surface area contributed by atoms with E-state index in [0.29, 0.717) is 36.9 Å². The van der Waals surface area contributed by atoms with Gasteiger partial charge in [0.25, 0.3) is 5.91 Å². The van der Waals surface area contributed by atoms with Crippen LogP contribution in [0.4, 0.5) is 0 Å². The largest absolute Gasteiger partial charge is 0.480 e. The maximum atomic E-state index is 12.0. The number of carbonyl (C=O) groups excluding carboxylic acids is 2. The molecule has 1 atom stereocenters. The SMILES string of the molecule is C=C/C=C(\C)C(=O)NCCCCC(NC(=O)c1ccccc1)C(=O)O. The first-order valence-corrected chi connectivity index (χ1v) is 8.12. The minimum absolute atomic E-state index is 0.174. The molecule has 0 fully saturated rings. The smallest absolute Gasteiger partial charge is 0.326 e. The van der Waals surface area contributed by atoms with Gasteiger partial charge in [0.1, 0.15) is 6.04 Å². The Balaban J connectivity index is 2.38. The number of unbranched alkanes of at least 4 members (excludes halogenated alkanes) is 1. The van der Waals surface area contributed by atoms with Crippen LogP contribution in [0.25, 0.3) is 0 Å². The lowest BCUT2D eigenvalue weighted by molar-refractivity contribution is -0.139. The normalized spacial score (nSPS) is 12.1. The van der Waals surface area contributed by atoms with Gasteiger partial charge in [0.05, 0.1) is 0 Å². The molecule has 0 spiro atoms. The second-order valence-electron chi connectivity index (χ2n) is 5.57. The molecule has 0 bridgehead atoms. The Labute approximate surface area is 147 Å². The Morgan fingerprint density at radius 2 is 1.88 bits per heavy atom. The summed E-state index contributed by atoms with van der Waals surface area (Å²) < 4.78 is 0. The zero-order valence-electron chi connectivity index (χ0n) is 14.3. The van der Waals surface area contributed by atoms with E-state index in [0.717, 1.165) is 0 Å². The third-order valence-corrected chi connectivity index (χ3v) is 3.57. The highest BCUT2D eigenvalue weighted by atomic mass is 16.4. The topological polar surface area (TPSA) is 95.5 Å². The van der Waals surface area contributed by atoms with Crippen molar-refractivity contribution in [3.8, 4) is 0 Å². The quantitative estimate of drug-likeness (QED) is 0.345. The summed E-state index contributed by atoms with van der Waals surface area (Å²) in [7, 11) is 0. The second-order valence-corrected chi connectivity index (χ2v) is 5.57. The van der Waals surface area contributed by atoms with Gasteiger partial charge in [-0.25, -0.2) is 4.79 Å². The molecule has 2 amide bonds. The van der Waals surface area contributed by atoms with Crippen molar-refractivity contribution >= 4 is 17.8 Å². The zero-order valence-corrected chi connectivity index (χ0v) is 14.3. The fourth-order valence-electron chi connectivity index (χ4n) is 2.16. The molecule has 3 N–H and O–H groups in total. The Hall–Kier alpha value is -2.89. The molecule has 0 radical (unpaired) electrons. The summed E-state index contributed by atoms with van der Waals surface area (Å²) in [5, 5.41) is 14.5. The first-order valence-electron chi connectivity index (χ1n) is 8.12. The Morgan fingerprint density at radius 1 is 1.20 bits per heavy atom. The van der Waals surface area contributed by atoms with E-state index in [9.17, 15) is 19.5 Å². The highest BCUT2D eigenvalue weighted by Crippen LogP contribution is 2.05. The zero-order chi connectivity index (χ0) is 18.7. The molecule has 0 aliphatic heterocycles. The Bertz CT molecular complexity index is 638. The van der Waals surface area contributed by atoms with Crippen LogP contribution in [0.1, 0.15) is 36.5 Å². The number of carboxylic acids is 1. The first kappa shape index (κ1) is 20.2. The molecule has 0 aliphatic carbocycles. The van der Waals surface area contributed by atoms with Gasteiger partial charge in [-0.05, 0) is 38.3 Å². The predicted octanol–water partition coefficient (Wildman–Crippen LogP) is 2.29. The van der Waals surface area contributed by atoms with E-state index in [1.165, 1.54) is 0 Å². The van der Waals surface area contributed by atoms with Crippen molar-refractivity contribution in [3.63, 3.8) is 0 Å². The molecule has 1 aromatic rings. The standard InChI is InChI=1S/C19H24N2O4/c1-3-9-14(2)17(22)20-13-8-7-12-16(19(24)25)21-18(23)15-10-5-4-6-11-15/h3-6,9-11,16H,1,7-8,12-13H2,2H3,(H,20,22)(H,21,23)(H,24,25)/b14-9+. The molecule has 1 rings (SSSR count). The molecule has 134 valence electrons. The van der Waals surface area contributed by atoms with Crippen LogP contribution >= 0.6 is 0 Å². The minimum atomic E-state index is -1.07. The molecule has 0 saturated heterocycles. The summed E-state index contributed by atoms with van der Waals surface area (Å²) in [6.45, 7) is 5.66. The van der Waals surface area contributed by atoms with E-state index in [1.807, 2.05) is 0 Å². The number of allylic oxidation sites excluding steroid dienone is 2. The maximum Gasteiger partial charge on any atom is 0.326 e. The van der Waals surface area contributed by atoms with Crippen molar-refractivity contribution in [1.29, 1.82) is 0 Å². The van der Waals surface area contributed by atoms with E-state index in [2.05, 4.69) is 17.2 Å². The molecule has 1 aromatic carbocycles. The van der Waals surface area contributed by atoms with Crippen LogP contribution in [0.5, 0.6) is 0 Å². The summed E-state index contributed by atoms with van der Waals surface area (Å²) in [5.41, 5.74) is 0.985. The Kier molecular flexibility index (Phi) is 8.71. The number of rotatable bonds is 10. The van der Waals surface area contributed by atoms with Crippen molar-refractivity contribution in [2.24, 2.45) is 0 Å². The average Bonchev–Trinajstić information content (AvgIpc) is 2.60. The molecule has 6 heteroatoms. The van der Waals surface area contributed by atoms with Crippen LogP contribution in [0, 0.1) is 0 Å². The van der Waals surface area contributed by atoms with Gasteiger partial charge in [-0.3, -0.25) is 9.59 Å². The van der Waals surface area contributed by atoms with Gasteiger partial charge in [-0.15, -0.1) is 0 Å². The summed E-state index contributed by atoms with van der Waals surface area (Å²) in [5.74, 6) is -1.66. The first-order chi connectivity index (χ1) is 12.0. The number of carbonyl (C=O) groups is 3. The lowest BCUT2D eigenvalue weighted by Gasteiger charge is -2.14. The van der Waals surface area contributed by atoms with Gasteiger partial charge in [-0.1, -0.05) is 36.9 Å². The highest BCUT2D eigenvalue weighted by molar-refractivity contribution is 5.96. The number of aliphatic carboxylic acids is 1. The van der Waals surface area contributed by atoms with E-state index in [1.54, 1.807) is 49.4 Å². The summed E-state index contributed by atoms with van der Waals surface area (Å²) >= 11 is 0. The summed E-state index contributed by atoms with van der Waals surface area (Å²) in [4.78, 5) is 35.0. The number of hydrogen-bond acceptors (Lipinski definition) is 3. The van der Waals surface area contributed by atoms with Gasteiger partial charge >= 0.3 is 5.97 Å². The monoisotopic (exact) mass is 344 g/mol. The van der Waals surface area contributed by atoms with Crippen LogP contribution in [0.2, 0.25) is 0 Å². The van der Waals surface area contributed by atoms with Gasteiger partial charge in [0.15, 0.2) is 0 Å². The number of nitrogens with one attached hydrogen (secondary N) is 2. The maximum absolute atomic E-state index is 12.0. The average molecular weight is 344 g/mol. The van der Waals surface area contributed by atoms with Crippen LogP contribution in [0.3, 0.4) is 0 Å². The number of benzene rings is 1. The van der Waals surface area contributed by atoms with E-state index in [4.69, 9.17) is 0 Å². The summed E-state index contributed by atoms with van der Waals surface area (Å²) in [6.07, 6.45) is 4.65. The minimum Gasteiger partial charge on any atom is -0.480 e. The van der Waals surface area contributed by atoms with Crippen LogP contribution in [-0.4, -0.2) is 35.5 Å². The predicted molar refractivity (Wildman–Crippen MR) is 96.1 cm³/mol. The van der Waals surface area contributed by atoms with Crippen molar-refractivity contribution in [1.82, 2.24) is 10.6 Å². The van der Waals surface area contributed by atoms with Crippen molar-refractivity contribution < 1.29 is 19.5 Å². The van der Waals surface area contributed by atoms with Crippen LogP contribution in [0.15, 0.2) is 54.6 Å². The van der Waals surface area contributed by atoms with Crippen LogP contribution < -0.4 is 10.6 Å². The molecular weight excluding hydrogens is 320 g/mol. The molecular formula is C19H24N2O4. The third kappa shape index (κ3) is 7.48. The van der Waals surface area contributed by atoms with Crippen LogP contribution in [-0.2, 0) is 9.59 Å². The molecule has 1 unspecified atom stereocenters. The van der Waals surface area contributed by atoms with E-state index < -0.39 is 17.9 Å². The number of carboxylic acid groups (broad SMARTS) is 1. The van der Waals surface area contributed by atoms with Crippen molar-refractivity contribution in [2.45, 2.75) is 32.2 Å². The molecule has 0 aromatic heterocycles. The number of hydrogen-bond donors (Lipinski definition) is 3. The lowest BCUT2D eigenvalue weighted by Crippen LogP contribution is -2.40. The highest BCUT2D eigenvalue weighted by Gasteiger charge is 2.20. The van der Waals surface area contributed by atoms with E-state index >= 15 is 0 Å². The lowest BCUT2D eigenvalue weighted by atomic mass is 10.1. The molecule has 0 saturated carbocycles. The van der Waals surface area contributed by atoms with E-state index in [-0.39, 0.29) is 5.91 Å². The molecule has 25 heavy (non-hydrogen) atoms. The molecule has 0 heterocycles. The fourth-order valence-corrected chi connectivity index (χ4v) is 2.16.